The van der Waals surface area contributed by atoms with Crippen LogP contribution >= 0.6 is 0 Å². The van der Waals surface area contributed by atoms with Gasteiger partial charge in [-0.1, -0.05) is 0 Å². The number of aromatic hydroxyl groups is 2. The third-order valence-corrected chi connectivity index (χ3v) is 4.95. The van der Waals surface area contributed by atoms with Gasteiger partial charge in [0.25, 0.3) is 0 Å². The van der Waals surface area contributed by atoms with E-state index in [0.717, 1.165) is 0 Å². The number of furan rings is 1. The molecule has 0 aliphatic rings. The van der Waals surface area contributed by atoms with Crippen molar-refractivity contribution >= 4 is 16.8 Å². The molecule has 0 radical (unpaired) electrons. The van der Waals surface area contributed by atoms with E-state index in [1.165, 1.54) is 33.5 Å². The predicted octanol–water partition coefficient (Wildman–Crippen LogP) is 3.50. The van der Waals surface area contributed by atoms with Gasteiger partial charge in [-0.05, 0) is 24.3 Å². The summed E-state index contributed by atoms with van der Waals surface area (Å²) in [6, 6.07) is 6.01. The first kappa shape index (κ1) is 20.1. The molecule has 160 valence electrons. The van der Waals surface area contributed by atoms with Crippen LogP contribution in [-0.2, 0) is 7.05 Å². The molecule has 4 rings (SSSR count). The Hall–Kier alpha value is -4.14. The first-order chi connectivity index (χ1) is 14.9. The number of carbonyl (C=O) groups excluding carboxylic acids is 1. The van der Waals surface area contributed by atoms with Gasteiger partial charge in [-0.2, -0.15) is 5.10 Å². The molecule has 2 N–H and O–H groups in total. The van der Waals surface area contributed by atoms with Gasteiger partial charge in [0.05, 0.1) is 38.7 Å². The molecule has 2 aromatic carbocycles. The highest BCUT2D eigenvalue weighted by Crippen LogP contribution is 2.44. The predicted molar refractivity (Wildman–Crippen MR) is 111 cm³/mol. The Morgan fingerprint density at radius 1 is 1.00 bits per heavy atom. The van der Waals surface area contributed by atoms with Crippen molar-refractivity contribution in [2.24, 2.45) is 7.05 Å². The molecule has 0 unspecified atom stereocenters. The number of ether oxygens (including phenoxy) is 3. The molecule has 9 heteroatoms. The smallest absolute Gasteiger partial charge is 0.202 e. The molecule has 9 nitrogen and oxygen atoms in total. The molecule has 2 aromatic heterocycles. The van der Waals surface area contributed by atoms with Crippen LogP contribution in [0.5, 0.6) is 28.7 Å². The number of aromatic nitrogens is 2. The Labute approximate surface area is 177 Å². The van der Waals surface area contributed by atoms with Crippen LogP contribution < -0.4 is 14.2 Å². The molecular weight excluding hydrogens is 404 g/mol. The highest BCUT2D eigenvalue weighted by molar-refractivity contribution is 6.20. The Balaban J connectivity index is 2.00. The van der Waals surface area contributed by atoms with E-state index in [1.807, 2.05) is 0 Å². The number of hydrogen-bond donors (Lipinski definition) is 2. The largest absolute Gasteiger partial charge is 0.502 e. The highest BCUT2D eigenvalue weighted by atomic mass is 16.5. The zero-order valence-electron chi connectivity index (χ0n) is 17.3. The van der Waals surface area contributed by atoms with Crippen LogP contribution in [0, 0.1) is 0 Å². The minimum absolute atomic E-state index is 0.0861. The first-order valence-corrected chi connectivity index (χ1v) is 9.20. The Morgan fingerprint density at radius 2 is 1.65 bits per heavy atom. The molecule has 0 bridgehead atoms. The lowest BCUT2D eigenvalue weighted by Gasteiger charge is -2.11. The maximum absolute atomic E-state index is 13.6. The van der Waals surface area contributed by atoms with Gasteiger partial charge >= 0.3 is 0 Å². The minimum atomic E-state index is -0.418. The number of phenolic OH excluding ortho intramolecular Hbond substituents is 2. The number of fused-ring (bicyclic) bond motifs is 1. The monoisotopic (exact) mass is 424 g/mol. The van der Waals surface area contributed by atoms with Gasteiger partial charge in [0.1, 0.15) is 5.76 Å². The SMILES string of the molecule is COc1cc(C(=O)c2c(-c3cnn(C)c3)oc3c(O)c(OC)ccc23)cc(OC)c1O. The number of aryl methyl sites for hydroxylation is 1. The molecule has 0 fully saturated rings. The molecule has 0 saturated heterocycles. The second-order valence-corrected chi connectivity index (χ2v) is 6.76. The van der Waals surface area contributed by atoms with Gasteiger partial charge in [-0.15, -0.1) is 0 Å². The number of ketones is 1. The average molecular weight is 424 g/mol. The molecule has 4 aromatic rings. The van der Waals surface area contributed by atoms with Crippen molar-refractivity contribution in [1.82, 2.24) is 9.78 Å². The van der Waals surface area contributed by atoms with E-state index in [-0.39, 0.29) is 51.2 Å². The van der Waals surface area contributed by atoms with Gasteiger partial charge < -0.3 is 28.8 Å². The van der Waals surface area contributed by atoms with Gasteiger partial charge in [-0.25, -0.2) is 0 Å². The van der Waals surface area contributed by atoms with Crippen LogP contribution in [0.1, 0.15) is 15.9 Å². The van der Waals surface area contributed by atoms with E-state index in [9.17, 15) is 15.0 Å². The summed E-state index contributed by atoms with van der Waals surface area (Å²) in [6.07, 6.45) is 3.25. The third-order valence-electron chi connectivity index (χ3n) is 4.95. The van der Waals surface area contributed by atoms with E-state index in [4.69, 9.17) is 18.6 Å². The van der Waals surface area contributed by atoms with Crippen molar-refractivity contribution in [2.45, 2.75) is 0 Å². The number of phenols is 2. The van der Waals surface area contributed by atoms with Crippen LogP contribution in [0.2, 0.25) is 0 Å². The van der Waals surface area contributed by atoms with E-state index in [1.54, 1.807) is 36.3 Å². The maximum Gasteiger partial charge on any atom is 0.202 e. The molecule has 0 atom stereocenters. The lowest BCUT2D eigenvalue weighted by atomic mass is 9.97. The summed E-state index contributed by atoms with van der Waals surface area (Å²) in [5.41, 5.74) is 1.09. The summed E-state index contributed by atoms with van der Waals surface area (Å²) in [5, 5.41) is 25.3. The van der Waals surface area contributed by atoms with Crippen molar-refractivity contribution in [3.05, 3.63) is 47.8 Å². The van der Waals surface area contributed by atoms with Crippen molar-refractivity contribution in [1.29, 1.82) is 0 Å². The molecule has 0 saturated carbocycles. The zero-order valence-corrected chi connectivity index (χ0v) is 17.3. The lowest BCUT2D eigenvalue weighted by molar-refractivity contribution is 0.103. The number of benzene rings is 2. The van der Waals surface area contributed by atoms with E-state index in [2.05, 4.69) is 5.10 Å². The second kappa shape index (κ2) is 7.60. The quantitative estimate of drug-likeness (QED) is 0.452. The fraction of sp³-hybridized carbons (Fsp3) is 0.182. The molecular formula is C22H20N2O7. The summed E-state index contributed by atoms with van der Waals surface area (Å²) in [6.45, 7) is 0. The number of rotatable bonds is 6. The molecule has 0 amide bonds. The number of methoxy groups -OCH3 is 3. The molecule has 2 heterocycles. The minimum Gasteiger partial charge on any atom is -0.502 e. The summed E-state index contributed by atoms with van der Waals surface area (Å²) in [7, 11) is 5.92. The van der Waals surface area contributed by atoms with Crippen molar-refractivity contribution < 1.29 is 33.6 Å². The highest BCUT2D eigenvalue weighted by Gasteiger charge is 2.28. The van der Waals surface area contributed by atoms with Crippen molar-refractivity contribution in [2.75, 3.05) is 21.3 Å². The van der Waals surface area contributed by atoms with Gasteiger partial charge in [-0.3, -0.25) is 9.48 Å². The summed E-state index contributed by atoms with van der Waals surface area (Å²) >= 11 is 0. The number of hydrogen-bond acceptors (Lipinski definition) is 8. The lowest BCUT2D eigenvalue weighted by Crippen LogP contribution is -2.04. The summed E-state index contributed by atoms with van der Waals surface area (Å²) < 4.78 is 23.0. The Bertz CT molecular complexity index is 1280. The number of carbonyl (C=O) groups is 1. The summed E-state index contributed by atoms with van der Waals surface area (Å²) in [4.78, 5) is 13.6. The molecule has 0 aliphatic heterocycles. The van der Waals surface area contributed by atoms with Crippen LogP contribution in [0.15, 0.2) is 41.1 Å². The number of nitrogens with zero attached hydrogens (tertiary/aromatic N) is 2. The Morgan fingerprint density at radius 3 is 2.19 bits per heavy atom. The van der Waals surface area contributed by atoms with E-state index in [0.29, 0.717) is 10.9 Å². The normalized spacial score (nSPS) is 11.0. The fourth-order valence-electron chi connectivity index (χ4n) is 3.43. The molecule has 0 spiro atoms. The average Bonchev–Trinajstić information content (AvgIpc) is 3.37. The first-order valence-electron chi connectivity index (χ1n) is 9.20. The van der Waals surface area contributed by atoms with Crippen LogP contribution in [-0.4, -0.2) is 47.1 Å². The fourth-order valence-corrected chi connectivity index (χ4v) is 3.43. The van der Waals surface area contributed by atoms with Crippen LogP contribution in [0.3, 0.4) is 0 Å². The van der Waals surface area contributed by atoms with Crippen LogP contribution in [0.4, 0.5) is 0 Å². The topological polar surface area (TPSA) is 116 Å². The van der Waals surface area contributed by atoms with Gasteiger partial charge in [0.2, 0.25) is 11.5 Å². The summed E-state index contributed by atoms with van der Waals surface area (Å²) in [5.74, 6) is -0.225. The van der Waals surface area contributed by atoms with Gasteiger partial charge in [0, 0.05) is 24.2 Å². The van der Waals surface area contributed by atoms with Gasteiger partial charge in [0.15, 0.2) is 28.6 Å². The molecule has 31 heavy (non-hydrogen) atoms. The maximum atomic E-state index is 13.6. The van der Waals surface area contributed by atoms with E-state index >= 15 is 0 Å². The third kappa shape index (κ3) is 3.20. The molecule has 0 aliphatic carbocycles. The standard InChI is InChI=1S/C22H20N2O7/c1-24-10-12(9-23-24)21-17(13-5-6-14(28-2)20(27)22(13)31-21)18(25)11-7-15(29-3)19(26)16(8-11)30-4/h5-10,26-27H,1-4H3. The van der Waals surface area contributed by atoms with E-state index < -0.39 is 5.78 Å². The zero-order chi connectivity index (χ0) is 22.3. The van der Waals surface area contributed by atoms with Crippen molar-refractivity contribution in [3.63, 3.8) is 0 Å². The van der Waals surface area contributed by atoms with Crippen molar-refractivity contribution in [3.8, 4) is 40.1 Å². The van der Waals surface area contributed by atoms with Crippen LogP contribution in [0.25, 0.3) is 22.3 Å². The Kier molecular flexibility index (Phi) is 4.94. The second-order valence-electron chi connectivity index (χ2n) is 6.76.